The van der Waals surface area contributed by atoms with E-state index in [2.05, 4.69) is 20.8 Å². The molecule has 0 aromatic carbocycles. The summed E-state index contributed by atoms with van der Waals surface area (Å²) in [7, 11) is 0. The SMILES string of the molecule is Cc1cc(NC(=O)Cn2cc(C(C)(C)N)nn2)no1. The van der Waals surface area contributed by atoms with E-state index in [0.717, 1.165) is 0 Å². The first kappa shape index (κ1) is 13.2. The lowest BCUT2D eigenvalue weighted by atomic mass is 10.0. The predicted octanol–water partition coefficient (Wildman–Crippen LogP) is 0.407. The number of aryl methyl sites for hydroxylation is 1. The minimum atomic E-state index is -0.585. The van der Waals surface area contributed by atoms with Crippen molar-refractivity contribution in [2.45, 2.75) is 32.9 Å². The zero-order valence-electron chi connectivity index (χ0n) is 11.0. The molecule has 0 fully saturated rings. The third-order valence-electron chi connectivity index (χ3n) is 2.40. The van der Waals surface area contributed by atoms with Crippen LogP contribution >= 0.6 is 0 Å². The molecule has 0 radical (unpaired) electrons. The van der Waals surface area contributed by atoms with Crippen LogP contribution in [-0.4, -0.2) is 26.1 Å². The lowest BCUT2D eigenvalue weighted by Crippen LogP contribution is -2.29. The van der Waals surface area contributed by atoms with E-state index >= 15 is 0 Å². The van der Waals surface area contributed by atoms with Crippen molar-refractivity contribution in [2.24, 2.45) is 5.73 Å². The van der Waals surface area contributed by atoms with Gasteiger partial charge in [0, 0.05) is 6.07 Å². The summed E-state index contributed by atoms with van der Waals surface area (Å²) >= 11 is 0. The van der Waals surface area contributed by atoms with Gasteiger partial charge in [-0.05, 0) is 20.8 Å². The molecule has 8 heteroatoms. The quantitative estimate of drug-likeness (QED) is 0.827. The number of hydrogen-bond donors (Lipinski definition) is 2. The molecule has 1 amide bonds. The number of nitrogens with one attached hydrogen (secondary N) is 1. The van der Waals surface area contributed by atoms with Gasteiger partial charge in [0.25, 0.3) is 0 Å². The average molecular weight is 264 g/mol. The topological polar surface area (TPSA) is 112 Å². The summed E-state index contributed by atoms with van der Waals surface area (Å²) in [6.07, 6.45) is 1.65. The molecule has 2 aromatic rings. The zero-order valence-corrected chi connectivity index (χ0v) is 11.0. The lowest BCUT2D eigenvalue weighted by Gasteiger charge is -2.13. The standard InChI is InChI=1S/C11H16N6O2/c1-7-4-9(15-19-7)13-10(18)6-17-5-8(14-16-17)11(2,3)12/h4-5H,6,12H2,1-3H3,(H,13,15,18). The maximum atomic E-state index is 11.7. The number of anilines is 1. The Bertz CT molecular complexity index is 580. The second kappa shape index (κ2) is 4.81. The Morgan fingerprint density at radius 1 is 1.58 bits per heavy atom. The summed E-state index contributed by atoms with van der Waals surface area (Å²) in [5.41, 5.74) is 5.93. The molecule has 102 valence electrons. The van der Waals surface area contributed by atoms with Crippen LogP contribution in [0.5, 0.6) is 0 Å². The summed E-state index contributed by atoms with van der Waals surface area (Å²) in [5, 5.41) is 14.0. The van der Waals surface area contributed by atoms with E-state index in [4.69, 9.17) is 10.3 Å². The van der Waals surface area contributed by atoms with Gasteiger partial charge in [0.2, 0.25) is 5.91 Å². The third-order valence-corrected chi connectivity index (χ3v) is 2.40. The Hall–Kier alpha value is -2.22. The van der Waals surface area contributed by atoms with Gasteiger partial charge in [0.05, 0.1) is 11.7 Å². The van der Waals surface area contributed by atoms with Crippen molar-refractivity contribution in [1.82, 2.24) is 20.2 Å². The third kappa shape index (κ3) is 3.38. The fraction of sp³-hybridized carbons (Fsp3) is 0.455. The number of carbonyl (C=O) groups is 1. The van der Waals surface area contributed by atoms with Crippen LogP contribution in [0.1, 0.15) is 25.3 Å². The number of nitrogens with zero attached hydrogens (tertiary/aromatic N) is 4. The molecule has 0 aliphatic rings. The van der Waals surface area contributed by atoms with Crippen LogP contribution in [0, 0.1) is 6.92 Å². The maximum absolute atomic E-state index is 11.7. The smallest absolute Gasteiger partial charge is 0.247 e. The number of amides is 1. The molecule has 2 heterocycles. The predicted molar refractivity (Wildman–Crippen MR) is 67.1 cm³/mol. The first-order valence-electron chi connectivity index (χ1n) is 5.77. The molecular weight excluding hydrogens is 248 g/mol. The van der Waals surface area contributed by atoms with Crippen molar-refractivity contribution >= 4 is 11.7 Å². The van der Waals surface area contributed by atoms with E-state index in [9.17, 15) is 4.79 Å². The van der Waals surface area contributed by atoms with E-state index in [-0.39, 0.29) is 12.5 Å². The highest BCUT2D eigenvalue weighted by Crippen LogP contribution is 2.12. The van der Waals surface area contributed by atoms with E-state index in [1.54, 1.807) is 19.2 Å². The molecule has 3 N–H and O–H groups in total. The van der Waals surface area contributed by atoms with E-state index in [0.29, 0.717) is 17.3 Å². The monoisotopic (exact) mass is 264 g/mol. The summed E-state index contributed by atoms with van der Waals surface area (Å²) in [4.78, 5) is 11.7. The molecular formula is C11H16N6O2. The first-order chi connectivity index (χ1) is 8.84. The Kier molecular flexibility index (Phi) is 3.34. The fourth-order valence-corrected chi connectivity index (χ4v) is 1.43. The number of carbonyl (C=O) groups excluding carboxylic acids is 1. The second-order valence-electron chi connectivity index (χ2n) is 4.89. The van der Waals surface area contributed by atoms with Crippen LogP contribution in [0.2, 0.25) is 0 Å². The minimum absolute atomic E-state index is 0.0367. The summed E-state index contributed by atoms with van der Waals surface area (Å²) < 4.78 is 6.27. The van der Waals surface area contributed by atoms with Crippen LogP contribution in [0.25, 0.3) is 0 Å². The largest absolute Gasteiger partial charge is 0.360 e. The number of nitrogens with two attached hydrogens (primary N) is 1. The molecule has 8 nitrogen and oxygen atoms in total. The molecule has 0 spiro atoms. The normalized spacial score (nSPS) is 11.6. The van der Waals surface area contributed by atoms with Gasteiger partial charge in [-0.1, -0.05) is 10.4 Å². The Balaban J connectivity index is 1.97. The highest BCUT2D eigenvalue weighted by molar-refractivity contribution is 5.89. The molecule has 2 aromatic heterocycles. The van der Waals surface area contributed by atoms with Gasteiger partial charge in [-0.3, -0.25) is 4.79 Å². The first-order valence-corrected chi connectivity index (χ1v) is 5.77. The maximum Gasteiger partial charge on any atom is 0.247 e. The van der Waals surface area contributed by atoms with Crippen LogP contribution in [0.4, 0.5) is 5.82 Å². The van der Waals surface area contributed by atoms with Crippen molar-refractivity contribution < 1.29 is 9.32 Å². The van der Waals surface area contributed by atoms with Gasteiger partial charge in [0.15, 0.2) is 5.82 Å². The molecule has 0 unspecified atom stereocenters. The van der Waals surface area contributed by atoms with Crippen molar-refractivity contribution in [3.8, 4) is 0 Å². The lowest BCUT2D eigenvalue weighted by molar-refractivity contribution is -0.117. The number of aromatic nitrogens is 4. The molecule has 0 bridgehead atoms. The Morgan fingerprint density at radius 2 is 2.32 bits per heavy atom. The van der Waals surface area contributed by atoms with Crippen molar-refractivity contribution in [3.05, 3.63) is 23.7 Å². The van der Waals surface area contributed by atoms with Crippen LogP contribution in [-0.2, 0) is 16.9 Å². The zero-order chi connectivity index (χ0) is 14.0. The minimum Gasteiger partial charge on any atom is -0.360 e. The molecule has 0 aliphatic carbocycles. The van der Waals surface area contributed by atoms with E-state index < -0.39 is 5.54 Å². The summed E-state index contributed by atoms with van der Waals surface area (Å²) in [6.45, 7) is 5.42. The number of rotatable bonds is 4. The average Bonchev–Trinajstić information content (AvgIpc) is 2.87. The van der Waals surface area contributed by atoms with Gasteiger partial charge in [-0.25, -0.2) is 4.68 Å². The summed E-state index contributed by atoms with van der Waals surface area (Å²) in [6, 6.07) is 1.63. The van der Waals surface area contributed by atoms with Crippen LogP contribution < -0.4 is 11.1 Å². The van der Waals surface area contributed by atoms with Gasteiger partial charge < -0.3 is 15.6 Å². The van der Waals surface area contributed by atoms with Crippen molar-refractivity contribution in [1.29, 1.82) is 0 Å². The Morgan fingerprint density at radius 3 is 2.84 bits per heavy atom. The van der Waals surface area contributed by atoms with E-state index in [1.807, 2.05) is 13.8 Å². The molecule has 0 aliphatic heterocycles. The molecule has 0 saturated heterocycles. The van der Waals surface area contributed by atoms with E-state index in [1.165, 1.54) is 4.68 Å². The molecule has 0 atom stereocenters. The van der Waals surface area contributed by atoms with Crippen molar-refractivity contribution in [3.63, 3.8) is 0 Å². The summed E-state index contributed by atoms with van der Waals surface area (Å²) in [5.74, 6) is 0.741. The van der Waals surface area contributed by atoms with Gasteiger partial charge in [-0.2, -0.15) is 0 Å². The fourth-order valence-electron chi connectivity index (χ4n) is 1.43. The molecule has 19 heavy (non-hydrogen) atoms. The van der Waals surface area contributed by atoms with Crippen molar-refractivity contribution in [2.75, 3.05) is 5.32 Å². The highest BCUT2D eigenvalue weighted by Gasteiger charge is 2.19. The van der Waals surface area contributed by atoms with Crippen LogP contribution in [0.15, 0.2) is 16.8 Å². The number of hydrogen-bond acceptors (Lipinski definition) is 6. The van der Waals surface area contributed by atoms with Gasteiger partial charge in [0.1, 0.15) is 18.0 Å². The Labute approximate surface area is 109 Å². The second-order valence-corrected chi connectivity index (χ2v) is 4.89. The molecule has 2 rings (SSSR count). The van der Waals surface area contributed by atoms with Gasteiger partial charge >= 0.3 is 0 Å². The van der Waals surface area contributed by atoms with Gasteiger partial charge in [-0.15, -0.1) is 5.10 Å². The molecule has 0 saturated carbocycles. The highest BCUT2D eigenvalue weighted by atomic mass is 16.5. The van der Waals surface area contributed by atoms with Crippen LogP contribution in [0.3, 0.4) is 0 Å².